The number of nitrogens with zero attached hydrogens (tertiary/aromatic N) is 1. The number of carboxylic acid groups (broad SMARTS) is 1. The molecule has 0 amide bonds. The van der Waals surface area contributed by atoms with Gasteiger partial charge >= 0.3 is 5.97 Å². The van der Waals surface area contributed by atoms with E-state index in [2.05, 4.69) is 4.90 Å². The van der Waals surface area contributed by atoms with Gasteiger partial charge in [0.15, 0.2) is 5.58 Å². The van der Waals surface area contributed by atoms with Crippen LogP contribution in [-0.4, -0.2) is 29.1 Å². The summed E-state index contributed by atoms with van der Waals surface area (Å²) in [6.07, 6.45) is 3.58. The number of hydrogen-bond acceptors (Lipinski definition) is 3. The number of piperidine rings is 1. The largest absolute Gasteiger partial charge is 0.475 e. The summed E-state index contributed by atoms with van der Waals surface area (Å²) in [7, 11) is 0. The van der Waals surface area contributed by atoms with Crippen molar-refractivity contribution in [3.8, 4) is 0 Å². The average Bonchev–Trinajstić information content (AvgIpc) is 2.81. The lowest BCUT2D eigenvalue weighted by molar-refractivity contribution is 0.0661. The SMILES string of the molecule is O=C(O)c1oc2c(Cl)cccc2c1CN1CCCCC1. The maximum absolute atomic E-state index is 11.4. The maximum Gasteiger partial charge on any atom is 0.372 e. The molecule has 4 nitrogen and oxygen atoms in total. The van der Waals surface area contributed by atoms with Gasteiger partial charge in [-0.2, -0.15) is 0 Å². The molecule has 0 bridgehead atoms. The van der Waals surface area contributed by atoms with Crippen LogP contribution >= 0.6 is 11.6 Å². The zero-order valence-corrected chi connectivity index (χ0v) is 11.8. The van der Waals surface area contributed by atoms with Gasteiger partial charge in [-0.25, -0.2) is 4.79 Å². The molecule has 1 N–H and O–H groups in total. The number of carboxylic acids is 1. The van der Waals surface area contributed by atoms with Gasteiger partial charge in [0, 0.05) is 17.5 Å². The van der Waals surface area contributed by atoms with Crippen molar-refractivity contribution in [3.05, 3.63) is 34.5 Å². The first-order valence-electron chi connectivity index (χ1n) is 6.82. The van der Waals surface area contributed by atoms with Crippen molar-refractivity contribution in [1.29, 1.82) is 0 Å². The first-order valence-corrected chi connectivity index (χ1v) is 7.20. The summed E-state index contributed by atoms with van der Waals surface area (Å²) in [5.41, 5.74) is 1.20. The molecule has 5 heteroatoms. The summed E-state index contributed by atoms with van der Waals surface area (Å²) < 4.78 is 5.47. The number of halogens is 1. The Morgan fingerprint density at radius 1 is 1.30 bits per heavy atom. The van der Waals surface area contributed by atoms with Gasteiger partial charge in [-0.15, -0.1) is 0 Å². The summed E-state index contributed by atoms with van der Waals surface area (Å²) in [4.78, 5) is 13.7. The quantitative estimate of drug-likeness (QED) is 0.936. The second-order valence-electron chi connectivity index (χ2n) is 5.17. The Balaban J connectivity index is 2.04. The van der Waals surface area contributed by atoms with Crippen molar-refractivity contribution < 1.29 is 14.3 Å². The molecule has 1 aliphatic rings. The Morgan fingerprint density at radius 3 is 2.75 bits per heavy atom. The molecule has 1 aromatic carbocycles. The number of rotatable bonds is 3. The first kappa shape index (κ1) is 13.5. The van der Waals surface area contributed by atoms with Crippen LogP contribution in [0.25, 0.3) is 11.0 Å². The standard InChI is InChI=1S/C15H16ClNO3/c16-12-6-4-5-10-11(9-17-7-2-1-3-8-17)14(15(18)19)20-13(10)12/h4-6H,1-3,7-9H2,(H,18,19). The van der Waals surface area contributed by atoms with E-state index in [9.17, 15) is 9.90 Å². The number of aromatic carboxylic acids is 1. The highest BCUT2D eigenvalue weighted by molar-refractivity contribution is 6.35. The number of likely N-dealkylation sites (tertiary alicyclic amines) is 1. The van der Waals surface area contributed by atoms with Crippen LogP contribution in [0.4, 0.5) is 0 Å². The molecule has 1 saturated heterocycles. The summed E-state index contributed by atoms with van der Waals surface area (Å²) in [6.45, 7) is 2.62. The van der Waals surface area contributed by atoms with Crippen LogP contribution in [0, 0.1) is 0 Å². The summed E-state index contributed by atoms with van der Waals surface area (Å²) in [6, 6.07) is 5.41. The number of hydrogen-bond donors (Lipinski definition) is 1. The van der Waals surface area contributed by atoms with Gasteiger partial charge in [-0.3, -0.25) is 4.90 Å². The van der Waals surface area contributed by atoms with E-state index < -0.39 is 5.97 Å². The third-order valence-electron chi connectivity index (χ3n) is 3.79. The highest BCUT2D eigenvalue weighted by Crippen LogP contribution is 2.32. The van der Waals surface area contributed by atoms with Gasteiger partial charge in [0.25, 0.3) is 0 Å². The molecule has 0 aliphatic carbocycles. The molecule has 20 heavy (non-hydrogen) atoms. The van der Waals surface area contributed by atoms with Gasteiger partial charge in [-0.1, -0.05) is 30.2 Å². The predicted molar refractivity (Wildman–Crippen MR) is 77.3 cm³/mol. The maximum atomic E-state index is 11.4. The minimum absolute atomic E-state index is 0.0127. The number of para-hydroxylation sites is 1. The number of furan rings is 1. The summed E-state index contributed by atoms with van der Waals surface area (Å²) in [5.74, 6) is -1.03. The summed E-state index contributed by atoms with van der Waals surface area (Å²) >= 11 is 6.09. The Morgan fingerprint density at radius 2 is 2.05 bits per heavy atom. The van der Waals surface area contributed by atoms with E-state index in [4.69, 9.17) is 16.0 Å². The van der Waals surface area contributed by atoms with Crippen molar-refractivity contribution >= 4 is 28.5 Å². The van der Waals surface area contributed by atoms with Crippen LogP contribution < -0.4 is 0 Å². The summed E-state index contributed by atoms with van der Waals surface area (Å²) in [5, 5.41) is 10.6. The molecule has 1 fully saturated rings. The second kappa shape index (κ2) is 5.46. The van der Waals surface area contributed by atoms with E-state index in [0.29, 0.717) is 17.2 Å². The van der Waals surface area contributed by atoms with E-state index in [1.807, 2.05) is 12.1 Å². The topological polar surface area (TPSA) is 53.7 Å². The zero-order valence-electron chi connectivity index (χ0n) is 11.1. The van der Waals surface area contributed by atoms with E-state index in [1.165, 1.54) is 19.3 Å². The Bertz CT molecular complexity index is 644. The van der Waals surface area contributed by atoms with Crippen LogP contribution in [0.3, 0.4) is 0 Å². The number of fused-ring (bicyclic) bond motifs is 1. The van der Waals surface area contributed by atoms with Crippen molar-refractivity contribution in [1.82, 2.24) is 4.90 Å². The molecule has 0 atom stereocenters. The van der Waals surface area contributed by atoms with Crippen LogP contribution in [0.1, 0.15) is 35.4 Å². The number of carbonyl (C=O) groups is 1. The van der Waals surface area contributed by atoms with Crippen molar-refractivity contribution in [2.75, 3.05) is 13.1 Å². The molecule has 3 rings (SSSR count). The minimum Gasteiger partial charge on any atom is -0.475 e. The van der Waals surface area contributed by atoms with E-state index in [-0.39, 0.29) is 5.76 Å². The minimum atomic E-state index is -1.04. The Hall–Kier alpha value is -1.52. The second-order valence-corrected chi connectivity index (χ2v) is 5.58. The molecule has 0 spiro atoms. The average molecular weight is 294 g/mol. The molecule has 2 aromatic rings. The third-order valence-corrected chi connectivity index (χ3v) is 4.09. The van der Waals surface area contributed by atoms with Crippen LogP contribution in [0.2, 0.25) is 5.02 Å². The molecule has 1 aromatic heterocycles. The van der Waals surface area contributed by atoms with Gasteiger partial charge in [0.05, 0.1) is 5.02 Å². The Labute approximate surface area is 121 Å². The molecule has 1 aliphatic heterocycles. The fourth-order valence-corrected chi connectivity index (χ4v) is 3.02. The zero-order chi connectivity index (χ0) is 14.1. The highest BCUT2D eigenvalue weighted by atomic mass is 35.5. The smallest absolute Gasteiger partial charge is 0.372 e. The monoisotopic (exact) mass is 293 g/mol. The third kappa shape index (κ3) is 2.41. The Kier molecular flexibility index (Phi) is 3.68. The van der Waals surface area contributed by atoms with Crippen LogP contribution in [-0.2, 0) is 6.54 Å². The van der Waals surface area contributed by atoms with E-state index in [1.54, 1.807) is 6.07 Å². The van der Waals surface area contributed by atoms with Crippen LogP contribution in [0.15, 0.2) is 22.6 Å². The van der Waals surface area contributed by atoms with E-state index >= 15 is 0 Å². The van der Waals surface area contributed by atoms with Crippen LogP contribution in [0.5, 0.6) is 0 Å². The molecule has 0 unspecified atom stereocenters. The lowest BCUT2D eigenvalue weighted by atomic mass is 10.1. The highest BCUT2D eigenvalue weighted by Gasteiger charge is 2.23. The first-order chi connectivity index (χ1) is 9.66. The lowest BCUT2D eigenvalue weighted by Gasteiger charge is -2.26. The van der Waals surface area contributed by atoms with Crippen molar-refractivity contribution in [2.45, 2.75) is 25.8 Å². The molecular formula is C15H16ClNO3. The fourth-order valence-electron chi connectivity index (χ4n) is 2.81. The van der Waals surface area contributed by atoms with Gasteiger partial charge < -0.3 is 9.52 Å². The molecule has 0 saturated carbocycles. The van der Waals surface area contributed by atoms with Gasteiger partial charge in [0.1, 0.15) is 0 Å². The predicted octanol–water partition coefficient (Wildman–Crippen LogP) is 3.77. The normalized spacial score (nSPS) is 16.6. The molecule has 2 heterocycles. The van der Waals surface area contributed by atoms with Crippen molar-refractivity contribution in [3.63, 3.8) is 0 Å². The number of benzene rings is 1. The molecule has 0 radical (unpaired) electrons. The lowest BCUT2D eigenvalue weighted by Crippen LogP contribution is -2.29. The molecule has 106 valence electrons. The van der Waals surface area contributed by atoms with E-state index in [0.717, 1.165) is 24.0 Å². The fraction of sp³-hybridized carbons (Fsp3) is 0.400. The van der Waals surface area contributed by atoms with Crippen molar-refractivity contribution in [2.24, 2.45) is 0 Å². The van der Waals surface area contributed by atoms with Gasteiger partial charge in [0.2, 0.25) is 5.76 Å². The molecular weight excluding hydrogens is 278 g/mol. The van der Waals surface area contributed by atoms with Gasteiger partial charge in [-0.05, 0) is 32.0 Å².